The van der Waals surface area contributed by atoms with E-state index in [1.54, 1.807) is 12.1 Å². The molecule has 1 aromatic carbocycles. The van der Waals surface area contributed by atoms with Crippen molar-refractivity contribution in [1.82, 2.24) is 5.32 Å². The number of hydrogen-bond donors (Lipinski definition) is 2. The van der Waals surface area contributed by atoms with Gasteiger partial charge in [0.05, 0.1) is 5.54 Å². The third kappa shape index (κ3) is 3.53. The normalized spacial score (nSPS) is 15.8. The summed E-state index contributed by atoms with van der Waals surface area (Å²) in [6, 6.07) is 6.23. The molecule has 1 aliphatic rings. The summed E-state index contributed by atoms with van der Waals surface area (Å²) >= 11 is 0. The van der Waals surface area contributed by atoms with Gasteiger partial charge in [0.2, 0.25) is 5.91 Å². The molecule has 102 valence electrons. The van der Waals surface area contributed by atoms with Crippen LogP contribution in [-0.2, 0) is 15.1 Å². The van der Waals surface area contributed by atoms with Crippen molar-refractivity contribution >= 4 is 11.9 Å². The Morgan fingerprint density at radius 2 is 2.05 bits per heavy atom. The van der Waals surface area contributed by atoms with E-state index in [1.165, 1.54) is 12.1 Å². The summed E-state index contributed by atoms with van der Waals surface area (Å²) < 4.78 is 13.2. The van der Waals surface area contributed by atoms with E-state index in [1.807, 2.05) is 0 Å². The molecule has 1 fully saturated rings. The fraction of sp³-hybridized carbons (Fsp3) is 0.429. The van der Waals surface area contributed by atoms with E-state index in [0.29, 0.717) is 6.42 Å². The zero-order valence-corrected chi connectivity index (χ0v) is 10.5. The molecule has 0 aliphatic heterocycles. The van der Waals surface area contributed by atoms with Crippen LogP contribution in [0.15, 0.2) is 24.3 Å². The van der Waals surface area contributed by atoms with Gasteiger partial charge in [0.25, 0.3) is 0 Å². The molecule has 5 heteroatoms. The van der Waals surface area contributed by atoms with Crippen molar-refractivity contribution < 1.29 is 19.1 Å². The second kappa shape index (κ2) is 5.38. The van der Waals surface area contributed by atoms with Crippen LogP contribution in [-0.4, -0.2) is 17.0 Å². The molecule has 1 aromatic rings. The highest BCUT2D eigenvalue weighted by Gasteiger charge is 2.45. The molecule has 0 spiro atoms. The number of benzene rings is 1. The summed E-state index contributed by atoms with van der Waals surface area (Å²) in [7, 11) is 0. The number of carbonyl (C=O) groups is 2. The Kier molecular flexibility index (Phi) is 3.83. The third-order valence-corrected chi connectivity index (χ3v) is 3.30. The van der Waals surface area contributed by atoms with Gasteiger partial charge < -0.3 is 10.4 Å². The van der Waals surface area contributed by atoms with E-state index in [-0.39, 0.29) is 24.6 Å². The maximum atomic E-state index is 13.2. The molecule has 0 aromatic heterocycles. The molecule has 1 amide bonds. The van der Waals surface area contributed by atoms with Gasteiger partial charge >= 0.3 is 5.97 Å². The first kappa shape index (κ1) is 13.5. The first-order valence-electron chi connectivity index (χ1n) is 6.31. The molecule has 0 radical (unpaired) electrons. The lowest BCUT2D eigenvalue weighted by Gasteiger charge is -2.18. The maximum absolute atomic E-state index is 13.2. The predicted molar refractivity (Wildman–Crippen MR) is 66.9 cm³/mol. The van der Waals surface area contributed by atoms with Gasteiger partial charge in [0.1, 0.15) is 5.82 Å². The second-order valence-electron chi connectivity index (χ2n) is 4.89. The molecule has 2 N–H and O–H groups in total. The zero-order chi connectivity index (χ0) is 13.9. The zero-order valence-electron chi connectivity index (χ0n) is 10.5. The molecule has 4 nitrogen and oxygen atoms in total. The molecule has 0 atom stereocenters. The lowest BCUT2D eigenvalue weighted by Crippen LogP contribution is -2.34. The third-order valence-electron chi connectivity index (χ3n) is 3.30. The van der Waals surface area contributed by atoms with Gasteiger partial charge in [-0.15, -0.1) is 0 Å². The van der Waals surface area contributed by atoms with Gasteiger partial charge in [-0.05, 0) is 37.0 Å². The molecule has 0 saturated heterocycles. The van der Waals surface area contributed by atoms with Crippen LogP contribution in [0.25, 0.3) is 0 Å². The highest BCUT2D eigenvalue weighted by molar-refractivity contribution is 5.78. The topological polar surface area (TPSA) is 66.4 Å². The predicted octanol–water partition coefficient (Wildman–Crippen LogP) is 2.19. The summed E-state index contributed by atoms with van der Waals surface area (Å²) in [6.45, 7) is 0. The molecule has 2 rings (SSSR count). The number of hydrogen-bond acceptors (Lipinski definition) is 2. The molecule has 19 heavy (non-hydrogen) atoms. The van der Waals surface area contributed by atoms with Gasteiger partial charge in [-0.2, -0.15) is 0 Å². The minimum atomic E-state index is -0.904. The number of aliphatic carboxylic acids is 1. The van der Waals surface area contributed by atoms with Crippen LogP contribution >= 0.6 is 0 Å². The molecule has 0 unspecified atom stereocenters. The summed E-state index contributed by atoms with van der Waals surface area (Å²) in [5, 5.41) is 11.4. The van der Waals surface area contributed by atoms with E-state index >= 15 is 0 Å². The lowest BCUT2D eigenvalue weighted by atomic mass is 10.0. The Morgan fingerprint density at radius 3 is 2.63 bits per heavy atom. The number of carboxylic acid groups (broad SMARTS) is 1. The van der Waals surface area contributed by atoms with E-state index in [2.05, 4.69) is 5.32 Å². The Bertz CT molecular complexity index is 497. The highest BCUT2D eigenvalue weighted by atomic mass is 19.1. The Morgan fingerprint density at radius 1 is 1.32 bits per heavy atom. The minimum absolute atomic E-state index is 0.0135. The van der Waals surface area contributed by atoms with Crippen LogP contribution in [0, 0.1) is 5.82 Å². The van der Waals surface area contributed by atoms with E-state index in [0.717, 1.165) is 18.4 Å². The highest BCUT2D eigenvalue weighted by Crippen LogP contribution is 2.45. The monoisotopic (exact) mass is 265 g/mol. The molecular formula is C14H16FNO3. The fourth-order valence-corrected chi connectivity index (χ4v) is 2.13. The molecule has 0 bridgehead atoms. The number of amides is 1. The summed E-state index contributed by atoms with van der Waals surface area (Å²) in [5.41, 5.74) is 0.335. The fourth-order valence-electron chi connectivity index (χ4n) is 2.13. The summed E-state index contributed by atoms with van der Waals surface area (Å²) in [5.74, 6) is -1.40. The Balaban J connectivity index is 1.91. The molecule has 1 saturated carbocycles. The van der Waals surface area contributed by atoms with Crippen LogP contribution in [0.4, 0.5) is 4.39 Å². The number of carbonyl (C=O) groups excluding carboxylic acids is 1. The minimum Gasteiger partial charge on any atom is -0.481 e. The smallest absolute Gasteiger partial charge is 0.303 e. The number of halogens is 1. The van der Waals surface area contributed by atoms with E-state index in [9.17, 15) is 14.0 Å². The van der Waals surface area contributed by atoms with Crippen LogP contribution in [0.1, 0.15) is 37.7 Å². The van der Waals surface area contributed by atoms with Crippen molar-refractivity contribution in [2.45, 2.75) is 37.6 Å². The second-order valence-corrected chi connectivity index (χ2v) is 4.89. The summed E-state index contributed by atoms with van der Waals surface area (Å²) in [4.78, 5) is 22.1. The van der Waals surface area contributed by atoms with Gasteiger partial charge in [-0.25, -0.2) is 4.39 Å². The van der Waals surface area contributed by atoms with Crippen LogP contribution < -0.4 is 5.32 Å². The standard InChI is InChI=1S/C14H16FNO3/c15-11-4-1-3-10(9-11)14(7-8-14)16-12(17)5-2-6-13(18)19/h1,3-4,9H,2,5-8H2,(H,16,17)(H,18,19). The van der Waals surface area contributed by atoms with Crippen molar-refractivity contribution in [3.05, 3.63) is 35.6 Å². The molecule has 0 heterocycles. The van der Waals surface area contributed by atoms with E-state index < -0.39 is 11.5 Å². The van der Waals surface area contributed by atoms with Crippen LogP contribution in [0.3, 0.4) is 0 Å². The Labute approximate surface area is 110 Å². The van der Waals surface area contributed by atoms with Gasteiger partial charge in [0, 0.05) is 12.8 Å². The van der Waals surface area contributed by atoms with Crippen LogP contribution in [0.5, 0.6) is 0 Å². The van der Waals surface area contributed by atoms with Gasteiger partial charge in [-0.3, -0.25) is 9.59 Å². The van der Waals surface area contributed by atoms with Gasteiger partial charge in [-0.1, -0.05) is 12.1 Å². The quantitative estimate of drug-likeness (QED) is 0.828. The van der Waals surface area contributed by atoms with E-state index in [4.69, 9.17) is 5.11 Å². The number of carboxylic acids is 1. The van der Waals surface area contributed by atoms with Gasteiger partial charge in [0.15, 0.2) is 0 Å². The average Bonchev–Trinajstić information content (AvgIpc) is 3.09. The van der Waals surface area contributed by atoms with Crippen molar-refractivity contribution in [2.24, 2.45) is 0 Å². The number of rotatable bonds is 6. The largest absolute Gasteiger partial charge is 0.481 e. The van der Waals surface area contributed by atoms with Crippen molar-refractivity contribution in [3.63, 3.8) is 0 Å². The van der Waals surface area contributed by atoms with Crippen molar-refractivity contribution in [2.75, 3.05) is 0 Å². The first-order valence-corrected chi connectivity index (χ1v) is 6.31. The SMILES string of the molecule is O=C(O)CCCC(=O)NC1(c2cccc(F)c2)CC1. The Hall–Kier alpha value is -1.91. The maximum Gasteiger partial charge on any atom is 0.303 e. The number of nitrogens with one attached hydrogen (secondary N) is 1. The lowest BCUT2D eigenvalue weighted by molar-refractivity contribution is -0.137. The molecule has 1 aliphatic carbocycles. The van der Waals surface area contributed by atoms with Crippen LogP contribution in [0.2, 0.25) is 0 Å². The average molecular weight is 265 g/mol. The van der Waals surface area contributed by atoms with Crippen molar-refractivity contribution in [1.29, 1.82) is 0 Å². The first-order chi connectivity index (χ1) is 9.02. The van der Waals surface area contributed by atoms with Crippen molar-refractivity contribution in [3.8, 4) is 0 Å². The molecular weight excluding hydrogens is 249 g/mol. The summed E-state index contributed by atoms with van der Waals surface area (Å²) in [6.07, 6.45) is 2.08.